The van der Waals surface area contributed by atoms with Gasteiger partial charge in [-0.3, -0.25) is 0 Å². The molecule has 3 nitrogen and oxygen atoms in total. The summed E-state index contributed by atoms with van der Waals surface area (Å²) < 4.78 is 5.59. The normalized spacial score (nSPS) is 12.7. The highest BCUT2D eigenvalue weighted by molar-refractivity contribution is 5.47. The van der Waals surface area contributed by atoms with E-state index in [4.69, 9.17) is 4.74 Å². The summed E-state index contributed by atoms with van der Waals surface area (Å²) in [6, 6.07) is 9.22. The Morgan fingerprint density at radius 2 is 1.80 bits per heavy atom. The van der Waals surface area contributed by atoms with Gasteiger partial charge in [0.05, 0.1) is 12.7 Å². The van der Waals surface area contributed by atoms with E-state index >= 15 is 0 Å². The van der Waals surface area contributed by atoms with E-state index in [2.05, 4.69) is 69.2 Å². The third kappa shape index (κ3) is 5.93. The van der Waals surface area contributed by atoms with Crippen LogP contribution in [0.3, 0.4) is 0 Å². The summed E-state index contributed by atoms with van der Waals surface area (Å²) in [5.41, 5.74) is 2.58. The van der Waals surface area contributed by atoms with Gasteiger partial charge in [-0.2, -0.15) is 0 Å². The lowest BCUT2D eigenvalue weighted by Gasteiger charge is -2.21. The number of nitrogens with zero attached hydrogens (tertiary/aromatic N) is 1. The number of ether oxygens (including phenoxy) is 1. The van der Waals surface area contributed by atoms with Crippen LogP contribution in [0.1, 0.15) is 45.7 Å². The van der Waals surface area contributed by atoms with E-state index in [-0.39, 0.29) is 0 Å². The molecule has 0 aliphatic heterocycles. The quantitative estimate of drug-likeness (QED) is 0.747. The van der Waals surface area contributed by atoms with Gasteiger partial charge in [0.2, 0.25) is 0 Å². The third-order valence-corrected chi connectivity index (χ3v) is 3.41. The smallest absolute Gasteiger partial charge is 0.0644 e. The SMILES string of the molecule is CCCNC(C)c1ccc(N(C)CCOC(C)C)cc1. The van der Waals surface area contributed by atoms with Crippen molar-refractivity contribution in [3.05, 3.63) is 29.8 Å². The highest BCUT2D eigenvalue weighted by Gasteiger charge is 2.06. The van der Waals surface area contributed by atoms with Crippen LogP contribution in [0.2, 0.25) is 0 Å². The zero-order valence-corrected chi connectivity index (χ0v) is 13.6. The summed E-state index contributed by atoms with van der Waals surface area (Å²) in [7, 11) is 2.11. The van der Waals surface area contributed by atoms with Crippen molar-refractivity contribution in [1.29, 1.82) is 0 Å². The molecule has 20 heavy (non-hydrogen) atoms. The fourth-order valence-corrected chi connectivity index (χ4v) is 2.05. The number of anilines is 1. The van der Waals surface area contributed by atoms with Gasteiger partial charge in [0, 0.05) is 25.3 Å². The van der Waals surface area contributed by atoms with Crippen LogP contribution in [0.15, 0.2) is 24.3 Å². The van der Waals surface area contributed by atoms with Crippen LogP contribution >= 0.6 is 0 Å². The highest BCUT2D eigenvalue weighted by atomic mass is 16.5. The predicted molar refractivity (Wildman–Crippen MR) is 87.5 cm³/mol. The molecule has 0 bridgehead atoms. The molecule has 1 aromatic carbocycles. The van der Waals surface area contributed by atoms with Crippen LogP contribution in [-0.4, -0.2) is 32.8 Å². The maximum Gasteiger partial charge on any atom is 0.0644 e. The molecule has 1 atom stereocenters. The number of rotatable bonds is 9. The van der Waals surface area contributed by atoms with Gasteiger partial charge in [-0.1, -0.05) is 19.1 Å². The number of benzene rings is 1. The fraction of sp³-hybridized carbons (Fsp3) is 0.647. The summed E-state index contributed by atoms with van der Waals surface area (Å²) in [5, 5.41) is 3.51. The van der Waals surface area contributed by atoms with Gasteiger partial charge in [0.25, 0.3) is 0 Å². The lowest BCUT2D eigenvalue weighted by atomic mass is 10.1. The summed E-state index contributed by atoms with van der Waals surface area (Å²) in [6.45, 7) is 11.3. The molecule has 0 aromatic heterocycles. The summed E-state index contributed by atoms with van der Waals surface area (Å²) in [4.78, 5) is 2.23. The maximum absolute atomic E-state index is 5.59. The summed E-state index contributed by atoms with van der Waals surface area (Å²) >= 11 is 0. The van der Waals surface area contributed by atoms with Crippen molar-refractivity contribution in [2.45, 2.75) is 46.3 Å². The van der Waals surface area contributed by atoms with Crippen molar-refractivity contribution in [1.82, 2.24) is 5.32 Å². The van der Waals surface area contributed by atoms with Crippen molar-refractivity contribution >= 4 is 5.69 Å². The van der Waals surface area contributed by atoms with Gasteiger partial charge >= 0.3 is 0 Å². The Kier molecular flexibility index (Phi) is 7.63. The second-order valence-electron chi connectivity index (χ2n) is 5.61. The minimum atomic E-state index is 0.302. The minimum Gasteiger partial charge on any atom is -0.377 e. The van der Waals surface area contributed by atoms with E-state index in [1.54, 1.807) is 0 Å². The molecular weight excluding hydrogens is 248 g/mol. The van der Waals surface area contributed by atoms with E-state index in [0.29, 0.717) is 12.1 Å². The average molecular weight is 278 g/mol. The van der Waals surface area contributed by atoms with E-state index in [1.165, 1.54) is 17.7 Å². The van der Waals surface area contributed by atoms with Crippen LogP contribution < -0.4 is 10.2 Å². The van der Waals surface area contributed by atoms with Gasteiger partial charge < -0.3 is 15.0 Å². The van der Waals surface area contributed by atoms with Crippen LogP contribution in [0.25, 0.3) is 0 Å². The van der Waals surface area contributed by atoms with Crippen molar-refractivity contribution in [3.63, 3.8) is 0 Å². The largest absolute Gasteiger partial charge is 0.377 e. The van der Waals surface area contributed by atoms with E-state index in [0.717, 1.165) is 19.7 Å². The Morgan fingerprint density at radius 3 is 2.35 bits per heavy atom. The number of likely N-dealkylation sites (N-methyl/N-ethyl adjacent to an activating group) is 1. The van der Waals surface area contributed by atoms with Crippen LogP contribution in [-0.2, 0) is 4.74 Å². The maximum atomic E-state index is 5.59. The zero-order valence-electron chi connectivity index (χ0n) is 13.6. The Labute approximate surface area is 124 Å². The number of hydrogen-bond donors (Lipinski definition) is 1. The first kappa shape index (κ1) is 17.0. The highest BCUT2D eigenvalue weighted by Crippen LogP contribution is 2.18. The predicted octanol–water partition coefficient (Wildman–Crippen LogP) is 3.61. The van der Waals surface area contributed by atoms with Crippen LogP contribution in [0, 0.1) is 0 Å². The van der Waals surface area contributed by atoms with Gasteiger partial charge in [-0.15, -0.1) is 0 Å². The first-order chi connectivity index (χ1) is 9.54. The first-order valence-electron chi connectivity index (χ1n) is 7.70. The van der Waals surface area contributed by atoms with Crippen molar-refractivity contribution in [2.75, 3.05) is 31.6 Å². The molecule has 3 heteroatoms. The molecule has 0 saturated carbocycles. The summed E-state index contributed by atoms with van der Waals surface area (Å²) in [5.74, 6) is 0. The Balaban J connectivity index is 2.48. The molecule has 1 aromatic rings. The molecule has 0 radical (unpaired) electrons. The molecule has 0 saturated heterocycles. The van der Waals surface area contributed by atoms with Gasteiger partial charge in [0.15, 0.2) is 0 Å². The Hall–Kier alpha value is -1.06. The zero-order chi connectivity index (χ0) is 15.0. The molecule has 0 heterocycles. The first-order valence-corrected chi connectivity index (χ1v) is 7.70. The topological polar surface area (TPSA) is 24.5 Å². The van der Waals surface area contributed by atoms with Gasteiger partial charge in [0.1, 0.15) is 0 Å². The van der Waals surface area contributed by atoms with Crippen LogP contribution in [0.5, 0.6) is 0 Å². The summed E-state index contributed by atoms with van der Waals surface area (Å²) in [6.07, 6.45) is 1.47. The van der Waals surface area contributed by atoms with E-state index in [1.807, 2.05) is 0 Å². The molecule has 114 valence electrons. The molecule has 0 aliphatic carbocycles. The molecule has 0 aliphatic rings. The molecule has 0 fully saturated rings. The van der Waals surface area contributed by atoms with E-state index in [9.17, 15) is 0 Å². The van der Waals surface area contributed by atoms with Crippen molar-refractivity contribution in [3.8, 4) is 0 Å². The lowest BCUT2D eigenvalue weighted by Crippen LogP contribution is -2.24. The second-order valence-corrected chi connectivity index (χ2v) is 5.61. The number of hydrogen-bond acceptors (Lipinski definition) is 3. The Morgan fingerprint density at radius 1 is 1.15 bits per heavy atom. The standard InChI is InChI=1S/C17H30N2O/c1-6-11-18-15(4)16-7-9-17(10-8-16)19(5)12-13-20-14(2)3/h7-10,14-15,18H,6,11-13H2,1-5H3. The lowest BCUT2D eigenvalue weighted by molar-refractivity contribution is 0.0846. The van der Waals surface area contributed by atoms with Gasteiger partial charge in [-0.25, -0.2) is 0 Å². The third-order valence-electron chi connectivity index (χ3n) is 3.41. The number of nitrogens with one attached hydrogen (secondary N) is 1. The monoisotopic (exact) mass is 278 g/mol. The molecule has 1 unspecified atom stereocenters. The second kappa shape index (κ2) is 8.98. The Bertz CT molecular complexity index is 362. The molecule has 1 rings (SSSR count). The van der Waals surface area contributed by atoms with Crippen molar-refractivity contribution in [2.24, 2.45) is 0 Å². The molecular formula is C17H30N2O. The van der Waals surface area contributed by atoms with Crippen molar-refractivity contribution < 1.29 is 4.74 Å². The van der Waals surface area contributed by atoms with Crippen LogP contribution in [0.4, 0.5) is 5.69 Å². The fourth-order valence-electron chi connectivity index (χ4n) is 2.05. The van der Waals surface area contributed by atoms with Gasteiger partial charge in [-0.05, 0) is 51.4 Å². The van der Waals surface area contributed by atoms with E-state index < -0.39 is 0 Å². The molecule has 0 spiro atoms. The minimum absolute atomic E-state index is 0.302. The average Bonchev–Trinajstić information content (AvgIpc) is 2.44. The molecule has 0 amide bonds. The molecule has 1 N–H and O–H groups in total.